The van der Waals surface area contributed by atoms with Gasteiger partial charge in [-0.15, -0.1) is 11.3 Å². The first kappa shape index (κ1) is 16.4. The molecule has 0 bridgehead atoms. The number of nitro benzene ring substituents is 1. The van der Waals surface area contributed by atoms with Gasteiger partial charge in [0.1, 0.15) is 5.69 Å². The number of nitrogens with zero attached hydrogens (tertiary/aromatic N) is 3. The van der Waals surface area contributed by atoms with Gasteiger partial charge in [0.15, 0.2) is 5.13 Å². The molecule has 1 aliphatic rings. The zero-order valence-corrected chi connectivity index (χ0v) is 14.1. The van der Waals surface area contributed by atoms with Crippen LogP contribution >= 0.6 is 11.3 Å². The van der Waals surface area contributed by atoms with Crippen LogP contribution in [-0.4, -0.2) is 28.9 Å². The van der Waals surface area contributed by atoms with Crippen LogP contribution in [0.2, 0.25) is 0 Å². The maximum absolute atomic E-state index is 12.2. The number of carbonyl (C=O) groups is 1. The molecule has 0 aliphatic carbocycles. The standard InChI is InChI=1S/C16H18N4O3S/c1-11-4-7-19(8-5-11)13-3-2-12(10-14(13)20(22)23)15(21)18-16-17-6-9-24-16/h2-3,6,9-11H,4-5,7-8H2,1H3,(H,17,18,21). The molecule has 1 saturated heterocycles. The van der Waals surface area contributed by atoms with E-state index in [4.69, 9.17) is 0 Å². The van der Waals surface area contributed by atoms with Crippen LogP contribution in [0.3, 0.4) is 0 Å². The maximum atomic E-state index is 12.2. The zero-order chi connectivity index (χ0) is 17.1. The second kappa shape index (κ2) is 6.96. The van der Waals surface area contributed by atoms with Crippen LogP contribution in [0.5, 0.6) is 0 Å². The van der Waals surface area contributed by atoms with E-state index in [0.29, 0.717) is 16.7 Å². The molecule has 1 aromatic carbocycles. The fraction of sp³-hybridized carbons (Fsp3) is 0.375. The Hall–Kier alpha value is -2.48. The molecule has 1 aromatic heterocycles. The quantitative estimate of drug-likeness (QED) is 0.676. The van der Waals surface area contributed by atoms with E-state index in [0.717, 1.165) is 25.9 Å². The number of rotatable bonds is 4. The topological polar surface area (TPSA) is 88.4 Å². The van der Waals surface area contributed by atoms with Crippen LogP contribution in [0.15, 0.2) is 29.8 Å². The minimum Gasteiger partial charge on any atom is -0.366 e. The van der Waals surface area contributed by atoms with Crippen molar-refractivity contribution in [1.82, 2.24) is 4.98 Å². The molecule has 1 aliphatic heterocycles. The van der Waals surface area contributed by atoms with E-state index in [1.807, 2.05) is 4.90 Å². The zero-order valence-electron chi connectivity index (χ0n) is 13.3. The van der Waals surface area contributed by atoms with Crippen molar-refractivity contribution in [3.05, 3.63) is 45.5 Å². The molecule has 0 atom stereocenters. The van der Waals surface area contributed by atoms with Gasteiger partial charge in [-0.2, -0.15) is 0 Å². The summed E-state index contributed by atoms with van der Waals surface area (Å²) < 4.78 is 0. The summed E-state index contributed by atoms with van der Waals surface area (Å²) in [6, 6.07) is 4.64. The van der Waals surface area contributed by atoms with Crippen LogP contribution in [-0.2, 0) is 0 Å². The van der Waals surface area contributed by atoms with Crippen molar-refractivity contribution >= 4 is 33.8 Å². The van der Waals surface area contributed by atoms with E-state index in [1.54, 1.807) is 23.7 Å². The molecule has 24 heavy (non-hydrogen) atoms. The lowest BCUT2D eigenvalue weighted by molar-refractivity contribution is -0.384. The molecule has 0 radical (unpaired) electrons. The first-order valence-corrected chi connectivity index (χ1v) is 8.67. The summed E-state index contributed by atoms with van der Waals surface area (Å²) in [5, 5.41) is 16.3. The molecule has 0 spiro atoms. The van der Waals surface area contributed by atoms with Gasteiger partial charge in [-0.1, -0.05) is 6.92 Å². The number of anilines is 2. The van der Waals surface area contributed by atoms with Crippen LogP contribution < -0.4 is 10.2 Å². The predicted octanol–water partition coefficient (Wildman–Crippen LogP) is 3.54. The lowest BCUT2D eigenvalue weighted by Gasteiger charge is -2.31. The number of aromatic nitrogens is 1. The van der Waals surface area contributed by atoms with E-state index in [9.17, 15) is 14.9 Å². The molecule has 7 nitrogen and oxygen atoms in total. The number of piperidine rings is 1. The van der Waals surface area contributed by atoms with Crippen LogP contribution in [0, 0.1) is 16.0 Å². The van der Waals surface area contributed by atoms with Crippen molar-refractivity contribution in [1.29, 1.82) is 0 Å². The number of benzene rings is 1. The van der Waals surface area contributed by atoms with Gasteiger partial charge in [0.05, 0.1) is 4.92 Å². The summed E-state index contributed by atoms with van der Waals surface area (Å²) in [4.78, 5) is 29.3. The minimum atomic E-state index is -0.423. The average molecular weight is 346 g/mol. The predicted molar refractivity (Wildman–Crippen MR) is 93.8 cm³/mol. The van der Waals surface area contributed by atoms with E-state index in [1.165, 1.54) is 17.4 Å². The Morgan fingerprint density at radius 3 is 2.79 bits per heavy atom. The smallest absolute Gasteiger partial charge is 0.293 e. The van der Waals surface area contributed by atoms with Gasteiger partial charge in [0.2, 0.25) is 0 Å². The Morgan fingerprint density at radius 2 is 2.17 bits per heavy atom. The summed E-state index contributed by atoms with van der Waals surface area (Å²) in [5.41, 5.74) is 0.806. The van der Waals surface area contributed by atoms with Crippen molar-refractivity contribution in [3.63, 3.8) is 0 Å². The normalized spacial score (nSPS) is 15.3. The monoisotopic (exact) mass is 346 g/mol. The molecule has 1 amide bonds. The molecule has 126 valence electrons. The van der Waals surface area contributed by atoms with Crippen molar-refractivity contribution in [2.24, 2.45) is 5.92 Å². The summed E-state index contributed by atoms with van der Waals surface area (Å²) in [6.45, 7) is 3.79. The van der Waals surface area contributed by atoms with Crippen molar-refractivity contribution in [2.45, 2.75) is 19.8 Å². The Morgan fingerprint density at radius 1 is 1.42 bits per heavy atom. The van der Waals surface area contributed by atoms with Gasteiger partial charge < -0.3 is 4.90 Å². The molecule has 3 rings (SSSR count). The number of carbonyl (C=O) groups excluding carboxylic acids is 1. The van der Waals surface area contributed by atoms with Gasteiger partial charge >= 0.3 is 0 Å². The second-order valence-electron chi connectivity index (χ2n) is 5.92. The van der Waals surface area contributed by atoms with Gasteiger partial charge in [0, 0.05) is 36.3 Å². The number of thiazole rings is 1. The van der Waals surface area contributed by atoms with Crippen LogP contribution in [0.25, 0.3) is 0 Å². The number of nitro groups is 1. The van der Waals surface area contributed by atoms with Crippen molar-refractivity contribution in [3.8, 4) is 0 Å². The second-order valence-corrected chi connectivity index (χ2v) is 6.82. The van der Waals surface area contributed by atoms with E-state index >= 15 is 0 Å². The fourth-order valence-electron chi connectivity index (χ4n) is 2.78. The third-order valence-corrected chi connectivity index (χ3v) is 4.90. The van der Waals surface area contributed by atoms with Gasteiger partial charge in [-0.3, -0.25) is 20.2 Å². The molecular formula is C16H18N4O3S. The number of hydrogen-bond acceptors (Lipinski definition) is 6. The third-order valence-electron chi connectivity index (χ3n) is 4.21. The fourth-order valence-corrected chi connectivity index (χ4v) is 3.31. The molecule has 0 saturated carbocycles. The summed E-state index contributed by atoms with van der Waals surface area (Å²) in [7, 11) is 0. The number of amides is 1. The van der Waals surface area contributed by atoms with Gasteiger partial charge in [0.25, 0.3) is 11.6 Å². The SMILES string of the molecule is CC1CCN(c2ccc(C(=O)Nc3nccs3)cc2[N+](=O)[O-])CC1. The lowest BCUT2D eigenvalue weighted by Crippen LogP contribution is -2.33. The maximum Gasteiger partial charge on any atom is 0.293 e. The average Bonchev–Trinajstić information content (AvgIpc) is 3.08. The van der Waals surface area contributed by atoms with E-state index in [-0.39, 0.29) is 11.3 Å². The number of nitrogens with one attached hydrogen (secondary N) is 1. The molecule has 1 fully saturated rings. The Bertz CT molecular complexity index is 740. The molecule has 2 heterocycles. The Balaban J connectivity index is 1.84. The molecule has 0 unspecified atom stereocenters. The van der Waals surface area contributed by atoms with E-state index < -0.39 is 10.8 Å². The van der Waals surface area contributed by atoms with Crippen molar-refractivity contribution < 1.29 is 9.72 Å². The Kier molecular flexibility index (Phi) is 4.75. The van der Waals surface area contributed by atoms with E-state index in [2.05, 4.69) is 17.2 Å². The first-order valence-electron chi connectivity index (χ1n) is 7.79. The molecule has 2 aromatic rings. The summed E-state index contributed by atoms with van der Waals surface area (Å²) in [5.74, 6) is 0.246. The molecular weight excluding hydrogens is 328 g/mol. The molecule has 8 heteroatoms. The van der Waals surface area contributed by atoms with Crippen molar-refractivity contribution in [2.75, 3.05) is 23.3 Å². The van der Waals surface area contributed by atoms with Gasteiger partial charge in [-0.25, -0.2) is 4.98 Å². The highest BCUT2D eigenvalue weighted by molar-refractivity contribution is 7.13. The highest BCUT2D eigenvalue weighted by Gasteiger charge is 2.24. The lowest BCUT2D eigenvalue weighted by atomic mass is 9.98. The van der Waals surface area contributed by atoms with Crippen LogP contribution in [0.1, 0.15) is 30.1 Å². The Labute approximate surface area is 143 Å². The van der Waals surface area contributed by atoms with Crippen LogP contribution in [0.4, 0.5) is 16.5 Å². The third kappa shape index (κ3) is 3.53. The highest BCUT2D eigenvalue weighted by atomic mass is 32.1. The highest BCUT2D eigenvalue weighted by Crippen LogP contribution is 2.32. The number of hydrogen-bond donors (Lipinski definition) is 1. The summed E-state index contributed by atoms with van der Waals surface area (Å²) in [6.07, 6.45) is 3.62. The van der Waals surface area contributed by atoms with Gasteiger partial charge in [-0.05, 0) is 30.9 Å². The minimum absolute atomic E-state index is 0.0312. The summed E-state index contributed by atoms with van der Waals surface area (Å²) >= 11 is 1.30. The first-order chi connectivity index (χ1) is 11.5. The largest absolute Gasteiger partial charge is 0.366 e. The molecule has 1 N–H and O–H groups in total.